The van der Waals surface area contributed by atoms with Gasteiger partial charge in [0.1, 0.15) is 23.5 Å². The van der Waals surface area contributed by atoms with Crippen molar-refractivity contribution < 1.29 is 27.2 Å². The lowest BCUT2D eigenvalue weighted by Crippen LogP contribution is -2.15. The van der Waals surface area contributed by atoms with E-state index in [2.05, 4.69) is 4.98 Å². The first kappa shape index (κ1) is 25.0. The van der Waals surface area contributed by atoms with Crippen molar-refractivity contribution in [3.05, 3.63) is 90.0 Å². The van der Waals surface area contributed by atoms with Crippen LogP contribution in [0, 0.1) is 5.82 Å². The van der Waals surface area contributed by atoms with Crippen LogP contribution in [0.4, 0.5) is 17.6 Å². The lowest BCUT2D eigenvalue weighted by molar-refractivity contribution is -0.137. The first-order valence-electron chi connectivity index (χ1n) is 10.6. The third-order valence-corrected chi connectivity index (χ3v) is 6.43. The monoisotopic (exact) mass is 502 g/mol. The van der Waals surface area contributed by atoms with Crippen molar-refractivity contribution in [3.63, 3.8) is 0 Å². The summed E-state index contributed by atoms with van der Waals surface area (Å²) in [6, 6.07) is 16.1. The molecule has 0 aliphatic heterocycles. The minimum Gasteiger partial charge on any atom is -0.612 e. The van der Waals surface area contributed by atoms with E-state index in [-0.39, 0.29) is 22.8 Å². The van der Waals surface area contributed by atoms with Crippen molar-refractivity contribution in [2.45, 2.75) is 30.5 Å². The molecule has 0 saturated carbocycles. The van der Waals surface area contributed by atoms with Crippen LogP contribution in [0.25, 0.3) is 28.2 Å². The van der Waals surface area contributed by atoms with Gasteiger partial charge in [-0.05, 0) is 60.4 Å². The molecule has 1 atom stereocenters. The fourth-order valence-corrected chi connectivity index (χ4v) is 4.27. The summed E-state index contributed by atoms with van der Waals surface area (Å²) in [4.78, 5) is 4.85. The molecule has 0 amide bonds. The van der Waals surface area contributed by atoms with Gasteiger partial charge in [-0.1, -0.05) is 36.4 Å². The number of alkyl halides is 3. The van der Waals surface area contributed by atoms with Gasteiger partial charge in [-0.15, -0.1) is 0 Å². The smallest absolute Gasteiger partial charge is 0.417 e. The van der Waals surface area contributed by atoms with Crippen LogP contribution >= 0.6 is 0 Å². The first-order valence-corrected chi connectivity index (χ1v) is 12.1. The predicted molar refractivity (Wildman–Crippen MR) is 127 cm³/mol. The van der Waals surface area contributed by atoms with Crippen molar-refractivity contribution in [2.24, 2.45) is 0 Å². The van der Waals surface area contributed by atoms with E-state index in [1.807, 2.05) is 0 Å². The van der Waals surface area contributed by atoms with Gasteiger partial charge in [0, 0.05) is 17.8 Å². The number of halogens is 4. The average molecular weight is 503 g/mol. The second kappa shape index (κ2) is 9.14. The molecule has 1 N–H and O–H groups in total. The summed E-state index contributed by atoms with van der Waals surface area (Å²) in [5.74, 6) is -0.846. The molecule has 0 aliphatic carbocycles. The van der Waals surface area contributed by atoms with E-state index in [9.17, 15) is 22.8 Å². The minimum absolute atomic E-state index is 0.0287. The number of hydrogen-bond acceptors (Lipinski definition) is 3. The van der Waals surface area contributed by atoms with Crippen LogP contribution in [0.5, 0.6) is 0 Å². The fourth-order valence-electron chi connectivity index (χ4n) is 3.71. The quantitative estimate of drug-likeness (QED) is 0.256. The van der Waals surface area contributed by atoms with Gasteiger partial charge in [0.05, 0.1) is 16.9 Å². The van der Waals surface area contributed by atoms with E-state index in [0.717, 1.165) is 6.07 Å². The van der Waals surface area contributed by atoms with Gasteiger partial charge in [0.15, 0.2) is 4.90 Å². The molecule has 0 spiro atoms. The summed E-state index contributed by atoms with van der Waals surface area (Å²) in [6.07, 6.45) is -1.78. The Bertz CT molecular complexity index is 1370. The van der Waals surface area contributed by atoms with Crippen LogP contribution in [0.15, 0.2) is 77.8 Å². The standard InChI is InChI=1S/C26H22F4N2O2S/c1-25(2,33)23-15-32(24(31-23)19-9-4-5-10-20(19)26(28,29)30)22-12-11-17(14-21(22)27)16-7-6-8-18(13-16)35(3)34/h4-15,33H,1-3H3/t35-/m1/s1. The molecule has 0 radical (unpaired) electrons. The Labute approximate surface area is 203 Å². The summed E-state index contributed by atoms with van der Waals surface area (Å²) in [5, 5.41) is 10.5. The number of aliphatic hydroxyl groups is 1. The Morgan fingerprint density at radius 2 is 1.63 bits per heavy atom. The van der Waals surface area contributed by atoms with Gasteiger partial charge in [-0.3, -0.25) is 4.57 Å². The van der Waals surface area contributed by atoms with E-state index in [1.54, 1.807) is 36.6 Å². The zero-order chi connectivity index (χ0) is 25.5. The van der Waals surface area contributed by atoms with Crippen molar-refractivity contribution in [1.82, 2.24) is 9.55 Å². The maximum atomic E-state index is 15.4. The normalized spacial score (nSPS) is 13.2. The van der Waals surface area contributed by atoms with Gasteiger partial charge < -0.3 is 9.66 Å². The Morgan fingerprint density at radius 1 is 0.943 bits per heavy atom. The average Bonchev–Trinajstić information content (AvgIpc) is 3.24. The Balaban J connectivity index is 1.89. The molecule has 0 aliphatic rings. The summed E-state index contributed by atoms with van der Waals surface area (Å²) in [7, 11) is 0. The third kappa shape index (κ3) is 5.12. The molecule has 0 bridgehead atoms. The minimum atomic E-state index is -4.66. The molecule has 4 rings (SSSR count). The summed E-state index contributed by atoms with van der Waals surface area (Å²) in [5.41, 5.74) is -1.41. The molecule has 182 valence electrons. The molecular weight excluding hydrogens is 480 g/mol. The molecule has 35 heavy (non-hydrogen) atoms. The number of aromatic nitrogens is 2. The SMILES string of the molecule is C[S@@+]([O-])c1cccc(-c2ccc(-n3cc(C(C)(C)O)nc3-c3ccccc3C(F)(F)F)c(F)c2)c1. The molecule has 1 aromatic heterocycles. The van der Waals surface area contributed by atoms with Crippen LogP contribution < -0.4 is 0 Å². The van der Waals surface area contributed by atoms with Crippen LogP contribution in [0.2, 0.25) is 0 Å². The highest BCUT2D eigenvalue weighted by Crippen LogP contribution is 2.38. The number of hydrogen-bond donors (Lipinski definition) is 1. The van der Waals surface area contributed by atoms with Gasteiger partial charge in [-0.25, -0.2) is 9.37 Å². The number of imidazole rings is 1. The van der Waals surface area contributed by atoms with E-state index in [4.69, 9.17) is 0 Å². The summed E-state index contributed by atoms with van der Waals surface area (Å²) in [6.45, 7) is 2.90. The molecule has 9 heteroatoms. The zero-order valence-corrected chi connectivity index (χ0v) is 19.9. The number of nitrogens with zero attached hydrogens (tertiary/aromatic N) is 2. The zero-order valence-electron chi connectivity index (χ0n) is 19.1. The number of benzene rings is 3. The van der Waals surface area contributed by atoms with Crippen LogP contribution in [-0.4, -0.2) is 25.5 Å². The van der Waals surface area contributed by atoms with Gasteiger partial charge >= 0.3 is 6.18 Å². The molecule has 4 nitrogen and oxygen atoms in total. The molecule has 0 saturated heterocycles. The first-order chi connectivity index (χ1) is 16.4. The molecule has 0 unspecified atom stereocenters. The van der Waals surface area contributed by atoms with E-state index >= 15 is 4.39 Å². The second-order valence-corrected chi connectivity index (χ2v) is 9.95. The topological polar surface area (TPSA) is 61.1 Å². The third-order valence-electron chi connectivity index (χ3n) is 5.51. The Kier molecular flexibility index (Phi) is 6.52. The van der Waals surface area contributed by atoms with Crippen molar-refractivity contribution in [1.29, 1.82) is 0 Å². The van der Waals surface area contributed by atoms with E-state index in [1.165, 1.54) is 54.9 Å². The van der Waals surface area contributed by atoms with Crippen LogP contribution in [0.3, 0.4) is 0 Å². The van der Waals surface area contributed by atoms with E-state index in [0.29, 0.717) is 16.0 Å². The molecule has 4 aromatic rings. The van der Waals surface area contributed by atoms with Crippen LogP contribution in [0.1, 0.15) is 25.1 Å². The van der Waals surface area contributed by atoms with Gasteiger partial charge in [0.25, 0.3) is 0 Å². The molecule has 0 fully saturated rings. The largest absolute Gasteiger partial charge is 0.612 e. The van der Waals surface area contributed by atoms with E-state index < -0.39 is 34.3 Å². The molecular formula is C26H22F4N2O2S. The maximum Gasteiger partial charge on any atom is 0.417 e. The number of rotatable bonds is 5. The lowest BCUT2D eigenvalue weighted by atomic mass is 10.0. The lowest BCUT2D eigenvalue weighted by Gasteiger charge is -2.15. The highest BCUT2D eigenvalue weighted by atomic mass is 32.2. The molecule has 3 aromatic carbocycles. The highest BCUT2D eigenvalue weighted by Gasteiger charge is 2.35. The maximum absolute atomic E-state index is 15.4. The Morgan fingerprint density at radius 3 is 2.26 bits per heavy atom. The fraction of sp³-hybridized carbons (Fsp3) is 0.192. The molecule has 1 heterocycles. The second-order valence-electron chi connectivity index (χ2n) is 8.57. The van der Waals surface area contributed by atoms with Crippen molar-refractivity contribution in [2.75, 3.05) is 6.26 Å². The van der Waals surface area contributed by atoms with Crippen molar-refractivity contribution in [3.8, 4) is 28.2 Å². The van der Waals surface area contributed by atoms with Gasteiger partial charge in [0.2, 0.25) is 0 Å². The van der Waals surface area contributed by atoms with Gasteiger partial charge in [-0.2, -0.15) is 13.2 Å². The highest BCUT2D eigenvalue weighted by molar-refractivity contribution is 7.90. The van der Waals surface area contributed by atoms with Crippen LogP contribution in [-0.2, 0) is 23.0 Å². The van der Waals surface area contributed by atoms with Crippen molar-refractivity contribution >= 4 is 11.2 Å². The summed E-state index contributed by atoms with van der Waals surface area (Å²) >= 11 is -1.21. The predicted octanol–water partition coefficient (Wildman–Crippen LogP) is 6.33. The Hall–Kier alpha value is -3.14. The summed E-state index contributed by atoms with van der Waals surface area (Å²) < 4.78 is 69.7.